The highest BCUT2D eigenvalue weighted by atomic mass is 19.1. The van der Waals surface area contributed by atoms with Crippen LogP contribution < -0.4 is 0 Å². The first kappa shape index (κ1) is 13.8. The highest BCUT2D eigenvalue weighted by molar-refractivity contribution is 5.72. The van der Waals surface area contributed by atoms with Crippen LogP contribution in [-0.4, -0.2) is 11.1 Å². The fourth-order valence-corrected chi connectivity index (χ4v) is 3.04. The van der Waals surface area contributed by atoms with Crippen molar-refractivity contribution in [3.63, 3.8) is 0 Å². The Morgan fingerprint density at radius 3 is 2.32 bits per heavy atom. The van der Waals surface area contributed by atoms with E-state index in [0.717, 1.165) is 31.2 Å². The van der Waals surface area contributed by atoms with Crippen LogP contribution in [0.1, 0.15) is 37.2 Å². The summed E-state index contributed by atoms with van der Waals surface area (Å²) in [5.74, 6) is -0.813. The van der Waals surface area contributed by atoms with Crippen molar-refractivity contribution in [3.05, 3.63) is 48.3 Å². The van der Waals surface area contributed by atoms with Crippen LogP contribution in [0.5, 0.6) is 0 Å². The molecule has 0 amide bonds. The van der Waals surface area contributed by atoms with Crippen molar-refractivity contribution >= 4 is 5.97 Å². The summed E-state index contributed by atoms with van der Waals surface area (Å²) in [4.78, 5) is 11.1. The van der Waals surface area contributed by atoms with Gasteiger partial charge in [-0.15, -0.1) is 6.58 Å². The fourth-order valence-electron chi connectivity index (χ4n) is 3.04. The number of carboxylic acids is 1. The van der Waals surface area contributed by atoms with Gasteiger partial charge in [-0.3, -0.25) is 4.79 Å². The highest BCUT2D eigenvalue weighted by Crippen LogP contribution is 2.39. The summed E-state index contributed by atoms with van der Waals surface area (Å²) >= 11 is 0. The predicted octanol–water partition coefficient (Wildman–Crippen LogP) is 3.99. The number of aliphatic carboxylic acids is 1. The largest absolute Gasteiger partial charge is 0.481 e. The van der Waals surface area contributed by atoms with Crippen molar-refractivity contribution < 1.29 is 14.3 Å². The van der Waals surface area contributed by atoms with E-state index < -0.39 is 11.9 Å². The molecule has 2 nitrogen and oxygen atoms in total. The third kappa shape index (κ3) is 3.22. The SMILES string of the molecule is C=CC(C(=O)O)C1CCC(c2ccc(F)cc2)CC1. The molecule has 1 aromatic rings. The highest BCUT2D eigenvalue weighted by Gasteiger charge is 2.30. The zero-order valence-electron chi connectivity index (χ0n) is 10.9. The molecule has 1 aromatic carbocycles. The van der Waals surface area contributed by atoms with E-state index in [9.17, 15) is 9.18 Å². The lowest BCUT2D eigenvalue weighted by molar-refractivity contribution is -0.142. The number of carboxylic acid groups (broad SMARTS) is 1. The Labute approximate surface area is 113 Å². The summed E-state index contributed by atoms with van der Waals surface area (Å²) in [5, 5.41) is 9.13. The molecule has 1 aliphatic carbocycles. The number of hydrogen-bond acceptors (Lipinski definition) is 1. The summed E-state index contributed by atoms with van der Waals surface area (Å²) in [6.07, 6.45) is 5.27. The number of halogens is 1. The topological polar surface area (TPSA) is 37.3 Å². The maximum Gasteiger partial charge on any atom is 0.310 e. The predicted molar refractivity (Wildman–Crippen MR) is 72.4 cm³/mol. The fraction of sp³-hybridized carbons (Fsp3) is 0.438. The second kappa shape index (κ2) is 6.00. The van der Waals surface area contributed by atoms with Crippen molar-refractivity contribution in [2.75, 3.05) is 0 Å². The van der Waals surface area contributed by atoms with E-state index in [1.54, 1.807) is 6.08 Å². The molecule has 1 fully saturated rings. The van der Waals surface area contributed by atoms with Gasteiger partial charge in [0.25, 0.3) is 0 Å². The number of carbonyl (C=O) groups is 1. The molecule has 1 saturated carbocycles. The average Bonchev–Trinajstić information content (AvgIpc) is 2.41. The monoisotopic (exact) mass is 262 g/mol. The number of hydrogen-bond donors (Lipinski definition) is 1. The van der Waals surface area contributed by atoms with Crippen molar-refractivity contribution in [2.45, 2.75) is 31.6 Å². The van der Waals surface area contributed by atoms with Gasteiger partial charge in [-0.05, 0) is 55.2 Å². The van der Waals surface area contributed by atoms with Crippen LogP contribution in [0.25, 0.3) is 0 Å². The van der Waals surface area contributed by atoms with Crippen LogP contribution in [-0.2, 0) is 4.79 Å². The van der Waals surface area contributed by atoms with Crippen LogP contribution in [0, 0.1) is 17.7 Å². The van der Waals surface area contributed by atoms with Gasteiger partial charge in [0.15, 0.2) is 0 Å². The zero-order chi connectivity index (χ0) is 13.8. The van der Waals surface area contributed by atoms with Gasteiger partial charge in [-0.25, -0.2) is 4.39 Å². The van der Waals surface area contributed by atoms with E-state index in [2.05, 4.69) is 6.58 Å². The lowest BCUT2D eigenvalue weighted by Crippen LogP contribution is -2.25. The molecule has 1 unspecified atom stereocenters. The van der Waals surface area contributed by atoms with Gasteiger partial charge in [0.2, 0.25) is 0 Å². The molecule has 0 bridgehead atoms. The Morgan fingerprint density at radius 2 is 1.84 bits per heavy atom. The molecule has 0 heterocycles. The van der Waals surface area contributed by atoms with Gasteiger partial charge >= 0.3 is 5.97 Å². The van der Waals surface area contributed by atoms with E-state index in [1.165, 1.54) is 12.1 Å². The Bertz CT molecular complexity index is 444. The van der Waals surface area contributed by atoms with Crippen molar-refractivity contribution in [2.24, 2.45) is 11.8 Å². The van der Waals surface area contributed by atoms with Crippen LogP contribution in [0.2, 0.25) is 0 Å². The van der Waals surface area contributed by atoms with E-state index in [1.807, 2.05) is 12.1 Å². The first-order valence-electron chi connectivity index (χ1n) is 6.72. The Kier molecular flexibility index (Phi) is 4.35. The first-order chi connectivity index (χ1) is 9.11. The first-order valence-corrected chi connectivity index (χ1v) is 6.72. The van der Waals surface area contributed by atoms with Crippen molar-refractivity contribution in [1.82, 2.24) is 0 Å². The molecular formula is C16H19FO2. The van der Waals surface area contributed by atoms with Gasteiger partial charge in [0.05, 0.1) is 5.92 Å². The summed E-state index contributed by atoms with van der Waals surface area (Å²) in [6, 6.07) is 6.65. The van der Waals surface area contributed by atoms with Gasteiger partial charge in [0.1, 0.15) is 5.82 Å². The molecule has 0 aliphatic heterocycles. The van der Waals surface area contributed by atoms with Gasteiger partial charge in [-0.2, -0.15) is 0 Å². The number of rotatable bonds is 4. The molecule has 1 aliphatic rings. The second-order valence-corrected chi connectivity index (χ2v) is 5.26. The smallest absolute Gasteiger partial charge is 0.310 e. The molecule has 0 spiro atoms. The van der Waals surface area contributed by atoms with Crippen LogP contribution in [0.4, 0.5) is 4.39 Å². The van der Waals surface area contributed by atoms with Crippen LogP contribution in [0.3, 0.4) is 0 Å². The minimum atomic E-state index is -0.778. The number of benzene rings is 1. The van der Waals surface area contributed by atoms with E-state index >= 15 is 0 Å². The summed E-state index contributed by atoms with van der Waals surface area (Å²) in [6.45, 7) is 3.62. The normalized spacial score (nSPS) is 24.7. The van der Waals surface area contributed by atoms with Crippen LogP contribution >= 0.6 is 0 Å². The summed E-state index contributed by atoms with van der Waals surface area (Å²) < 4.78 is 12.9. The molecule has 0 radical (unpaired) electrons. The van der Waals surface area contributed by atoms with Crippen LogP contribution in [0.15, 0.2) is 36.9 Å². The lowest BCUT2D eigenvalue weighted by atomic mass is 9.74. The minimum Gasteiger partial charge on any atom is -0.481 e. The van der Waals surface area contributed by atoms with E-state index in [-0.39, 0.29) is 11.7 Å². The molecule has 3 heteroatoms. The molecular weight excluding hydrogens is 243 g/mol. The molecule has 1 atom stereocenters. The molecule has 19 heavy (non-hydrogen) atoms. The third-order valence-corrected chi connectivity index (χ3v) is 4.16. The Hall–Kier alpha value is -1.64. The molecule has 102 valence electrons. The molecule has 0 saturated heterocycles. The quantitative estimate of drug-likeness (QED) is 0.833. The molecule has 0 aromatic heterocycles. The Morgan fingerprint density at radius 1 is 1.26 bits per heavy atom. The maximum absolute atomic E-state index is 12.9. The van der Waals surface area contributed by atoms with Gasteiger partial charge in [-0.1, -0.05) is 18.2 Å². The average molecular weight is 262 g/mol. The minimum absolute atomic E-state index is 0.187. The second-order valence-electron chi connectivity index (χ2n) is 5.26. The van der Waals surface area contributed by atoms with Crippen molar-refractivity contribution in [3.8, 4) is 0 Å². The summed E-state index contributed by atoms with van der Waals surface area (Å²) in [7, 11) is 0. The molecule has 1 N–H and O–H groups in total. The van der Waals surface area contributed by atoms with E-state index in [4.69, 9.17) is 5.11 Å². The maximum atomic E-state index is 12.9. The summed E-state index contributed by atoms with van der Waals surface area (Å²) in [5.41, 5.74) is 1.16. The standard InChI is InChI=1S/C16H19FO2/c1-2-15(16(18)19)13-5-3-11(4-6-13)12-7-9-14(17)10-8-12/h2,7-11,13,15H,1,3-6H2,(H,18,19). The third-order valence-electron chi connectivity index (χ3n) is 4.16. The van der Waals surface area contributed by atoms with Crippen molar-refractivity contribution in [1.29, 1.82) is 0 Å². The van der Waals surface area contributed by atoms with Gasteiger partial charge < -0.3 is 5.11 Å². The lowest BCUT2D eigenvalue weighted by Gasteiger charge is -2.31. The zero-order valence-corrected chi connectivity index (χ0v) is 10.9. The van der Waals surface area contributed by atoms with E-state index in [0.29, 0.717) is 5.92 Å². The Balaban J connectivity index is 1.97. The molecule has 2 rings (SSSR count). The van der Waals surface area contributed by atoms with Gasteiger partial charge in [0, 0.05) is 0 Å².